The predicted molar refractivity (Wildman–Crippen MR) is 104 cm³/mol. The highest BCUT2D eigenvalue weighted by Gasteiger charge is 2.59. The number of allylic oxidation sites excluding steroid dienone is 1. The molecule has 0 aromatic carbocycles. The van der Waals surface area contributed by atoms with Crippen molar-refractivity contribution < 1.29 is 5.11 Å². The van der Waals surface area contributed by atoms with Crippen LogP contribution in [0.4, 0.5) is 0 Å². The van der Waals surface area contributed by atoms with Gasteiger partial charge in [-0.15, -0.1) is 11.8 Å². The monoisotopic (exact) mass is 340 g/mol. The largest absolute Gasteiger partial charge is 0.389 e. The lowest BCUT2D eigenvalue weighted by Gasteiger charge is -2.58. The molecule has 1 N–H and O–H groups in total. The smallest absolute Gasteiger partial charge is 0.0724 e. The van der Waals surface area contributed by atoms with Gasteiger partial charge in [-0.05, 0) is 92.8 Å². The van der Waals surface area contributed by atoms with Crippen LogP contribution in [0.15, 0.2) is 11.6 Å². The van der Waals surface area contributed by atoms with Gasteiger partial charge in [0.05, 0.1) is 6.10 Å². The lowest BCUT2D eigenvalue weighted by Crippen LogP contribution is -2.51. The second-order valence-electron chi connectivity index (χ2n) is 10.0. The van der Waals surface area contributed by atoms with Crippen LogP contribution in [-0.4, -0.2) is 11.2 Å². The van der Waals surface area contributed by atoms with E-state index in [9.17, 15) is 5.11 Å². The van der Waals surface area contributed by atoms with E-state index in [0.717, 1.165) is 30.1 Å². The van der Waals surface area contributed by atoms with Gasteiger partial charge in [-0.2, -0.15) is 0 Å². The topological polar surface area (TPSA) is 20.2 Å². The maximum Gasteiger partial charge on any atom is 0.0724 e. The standard InChI is InChI=1S/C24H36O/c1-5-6-16(2)20-9-10-21-19-8-7-17-15-18(25)11-13-23(17,3)22(19)12-14-24(20,21)4/h15-16,18-22,25H,7-14H2,1-4H3. The van der Waals surface area contributed by atoms with Crippen molar-refractivity contribution in [2.24, 2.45) is 40.4 Å². The van der Waals surface area contributed by atoms with Crippen molar-refractivity contribution >= 4 is 0 Å². The molecule has 4 rings (SSSR count). The molecule has 3 saturated carbocycles. The molecule has 1 nitrogen and oxygen atoms in total. The molecule has 8 unspecified atom stereocenters. The Balaban J connectivity index is 1.62. The molecule has 0 saturated heterocycles. The molecule has 3 fully saturated rings. The minimum absolute atomic E-state index is 0.183. The van der Waals surface area contributed by atoms with Gasteiger partial charge in [0.2, 0.25) is 0 Å². The van der Waals surface area contributed by atoms with E-state index in [1.54, 1.807) is 5.57 Å². The Morgan fingerprint density at radius 3 is 2.64 bits per heavy atom. The fourth-order valence-electron chi connectivity index (χ4n) is 7.90. The zero-order valence-corrected chi connectivity index (χ0v) is 16.6. The lowest BCUT2D eigenvalue weighted by atomic mass is 9.46. The molecule has 0 radical (unpaired) electrons. The van der Waals surface area contributed by atoms with Gasteiger partial charge in [0.15, 0.2) is 0 Å². The summed E-state index contributed by atoms with van der Waals surface area (Å²) in [6.45, 7) is 9.50. The maximum atomic E-state index is 10.1. The Hall–Kier alpha value is -0.740. The third-order valence-corrected chi connectivity index (χ3v) is 9.14. The van der Waals surface area contributed by atoms with E-state index in [2.05, 4.69) is 38.7 Å². The molecular formula is C24H36O. The van der Waals surface area contributed by atoms with Gasteiger partial charge in [-0.25, -0.2) is 0 Å². The molecule has 4 aliphatic rings. The molecule has 1 heteroatoms. The van der Waals surface area contributed by atoms with Crippen molar-refractivity contribution in [1.82, 2.24) is 0 Å². The number of aliphatic hydroxyl groups excluding tert-OH is 1. The van der Waals surface area contributed by atoms with E-state index in [4.69, 9.17) is 0 Å². The third-order valence-electron chi connectivity index (χ3n) is 9.14. The molecule has 8 atom stereocenters. The number of fused-ring (bicyclic) bond motifs is 5. The van der Waals surface area contributed by atoms with Crippen LogP contribution in [0, 0.1) is 52.3 Å². The van der Waals surface area contributed by atoms with Crippen LogP contribution in [0.5, 0.6) is 0 Å². The lowest BCUT2D eigenvalue weighted by molar-refractivity contribution is -0.0590. The number of aliphatic hydroxyl groups is 1. The Labute approximate surface area is 154 Å². The first-order valence-corrected chi connectivity index (χ1v) is 10.7. The average Bonchev–Trinajstić information content (AvgIpc) is 2.93. The zero-order chi connectivity index (χ0) is 17.8. The molecular weight excluding hydrogens is 304 g/mol. The van der Waals surface area contributed by atoms with Gasteiger partial charge in [0.1, 0.15) is 0 Å². The minimum atomic E-state index is -0.183. The SMILES string of the molecule is CC#CC(C)C1CCC2C3CCC4=CC(O)CCC4(C)C3CCC12C. The summed E-state index contributed by atoms with van der Waals surface area (Å²) < 4.78 is 0. The van der Waals surface area contributed by atoms with Crippen LogP contribution < -0.4 is 0 Å². The molecule has 0 aliphatic heterocycles. The minimum Gasteiger partial charge on any atom is -0.389 e. The van der Waals surface area contributed by atoms with E-state index in [0.29, 0.717) is 16.7 Å². The number of hydrogen-bond donors (Lipinski definition) is 1. The van der Waals surface area contributed by atoms with Gasteiger partial charge in [0.25, 0.3) is 0 Å². The van der Waals surface area contributed by atoms with Crippen LogP contribution >= 0.6 is 0 Å². The summed E-state index contributed by atoms with van der Waals surface area (Å²) in [5.41, 5.74) is 2.47. The van der Waals surface area contributed by atoms with Crippen LogP contribution in [0.1, 0.15) is 79.1 Å². The second-order valence-corrected chi connectivity index (χ2v) is 10.0. The first-order valence-electron chi connectivity index (χ1n) is 10.7. The molecule has 4 aliphatic carbocycles. The Bertz CT molecular complexity index is 622. The molecule has 138 valence electrons. The Morgan fingerprint density at radius 1 is 1.08 bits per heavy atom. The summed E-state index contributed by atoms with van der Waals surface area (Å²) in [6.07, 6.45) is 12.4. The van der Waals surface area contributed by atoms with E-state index in [1.165, 1.54) is 44.9 Å². The third kappa shape index (κ3) is 2.55. The highest BCUT2D eigenvalue weighted by Crippen LogP contribution is 2.67. The maximum absolute atomic E-state index is 10.1. The first-order chi connectivity index (χ1) is 11.9. The van der Waals surface area contributed by atoms with Crippen LogP contribution in [0.3, 0.4) is 0 Å². The summed E-state index contributed by atoms with van der Waals surface area (Å²) in [6, 6.07) is 0. The summed E-state index contributed by atoms with van der Waals surface area (Å²) >= 11 is 0. The molecule has 0 aromatic heterocycles. The second kappa shape index (κ2) is 6.16. The summed E-state index contributed by atoms with van der Waals surface area (Å²) in [4.78, 5) is 0. The molecule has 0 heterocycles. The van der Waals surface area contributed by atoms with Crippen molar-refractivity contribution in [1.29, 1.82) is 0 Å². The molecule has 25 heavy (non-hydrogen) atoms. The predicted octanol–water partition coefficient (Wildman–Crippen LogP) is 5.59. The van der Waals surface area contributed by atoms with Crippen molar-refractivity contribution in [3.05, 3.63) is 11.6 Å². The fourth-order valence-corrected chi connectivity index (χ4v) is 7.90. The normalized spacial score (nSPS) is 49.8. The van der Waals surface area contributed by atoms with E-state index in [1.807, 2.05) is 6.92 Å². The number of hydrogen-bond acceptors (Lipinski definition) is 1. The van der Waals surface area contributed by atoms with Crippen LogP contribution in [-0.2, 0) is 0 Å². The van der Waals surface area contributed by atoms with Crippen LogP contribution in [0.25, 0.3) is 0 Å². The summed E-state index contributed by atoms with van der Waals surface area (Å²) in [5, 5.41) is 10.1. The quantitative estimate of drug-likeness (QED) is 0.487. The first kappa shape index (κ1) is 17.7. The summed E-state index contributed by atoms with van der Waals surface area (Å²) in [7, 11) is 0. The van der Waals surface area contributed by atoms with Gasteiger partial charge in [-0.1, -0.05) is 32.4 Å². The van der Waals surface area contributed by atoms with Gasteiger partial charge < -0.3 is 5.11 Å². The summed E-state index contributed by atoms with van der Waals surface area (Å²) in [5.74, 6) is 10.7. The molecule has 0 spiro atoms. The fraction of sp³-hybridized carbons (Fsp3) is 0.833. The zero-order valence-electron chi connectivity index (χ0n) is 16.6. The Morgan fingerprint density at radius 2 is 1.88 bits per heavy atom. The molecule has 0 amide bonds. The highest BCUT2D eigenvalue weighted by molar-refractivity contribution is 5.25. The van der Waals surface area contributed by atoms with Crippen molar-refractivity contribution in [3.8, 4) is 11.8 Å². The van der Waals surface area contributed by atoms with E-state index < -0.39 is 0 Å². The van der Waals surface area contributed by atoms with E-state index >= 15 is 0 Å². The van der Waals surface area contributed by atoms with Gasteiger partial charge in [-0.3, -0.25) is 0 Å². The van der Waals surface area contributed by atoms with Crippen molar-refractivity contribution in [2.75, 3.05) is 0 Å². The van der Waals surface area contributed by atoms with Gasteiger partial charge in [0, 0.05) is 5.92 Å². The van der Waals surface area contributed by atoms with Crippen molar-refractivity contribution in [2.45, 2.75) is 85.2 Å². The number of rotatable bonds is 1. The molecule has 0 aromatic rings. The van der Waals surface area contributed by atoms with Crippen molar-refractivity contribution in [3.63, 3.8) is 0 Å². The Kier molecular flexibility index (Phi) is 4.35. The van der Waals surface area contributed by atoms with Gasteiger partial charge >= 0.3 is 0 Å². The average molecular weight is 341 g/mol. The highest BCUT2D eigenvalue weighted by atomic mass is 16.3. The molecule has 0 bridgehead atoms. The van der Waals surface area contributed by atoms with Crippen LogP contribution in [0.2, 0.25) is 0 Å². The van der Waals surface area contributed by atoms with E-state index in [-0.39, 0.29) is 6.10 Å².